The summed E-state index contributed by atoms with van der Waals surface area (Å²) in [6.07, 6.45) is -2.53. The highest BCUT2D eigenvalue weighted by atomic mass is 31.2. The average molecular weight is 596 g/mol. The van der Waals surface area contributed by atoms with Crippen molar-refractivity contribution >= 4 is 20.5 Å². The third-order valence-electron chi connectivity index (χ3n) is 7.21. The van der Waals surface area contributed by atoms with Gasteiger partial charge in [-0.2, -0.15) is 4.99 Å². The van der Waals surface area contributed by atoms with Gasteiger partial charge in [-0.1, -0.05) is 48.1 Å². The molecule has 2 fully saturated rings. The first-order valence-corrected chi connectivity index (χ1v) is 14.8. The number of nitrogens with two attached hydrogens (primary N) is 1. The largest absolute Gasteiger partial charge is 0.426 e. The number of benzene rings is 1. The van der Waals surface area contributed by atoms with Gasteiger partial charge in [-0.25, -0.2) is 9.18 Å². The van der Waals surface area contributed by atoms with E-state index in [1.54, 1.807) is 27.8 Å². The van der Waals surface area contributed by atoms with Gasteiger partial charge in [0.05, 0.1) is 18.8 Å². The fraction of sp³-hybridized carbons (Fsp3) is 0.655. The van der Waals surface area contributed by atoms with Crippen LogP contribution in [0.15, 0.2) is 23.2 Å². The highest BCUT2D eigenvalue weighted by molar-refractivity contribution is 7.42. The topological polar surface area (TPSA) is 114 Å². The molecule has 0 bridgehead atoms. The van der Waals surface area contributed by atoms with Crippen LogP contribution in [0.1, 0.15) is 79.0 Å². The minimum atomic E-state index is -1.86. The van der Waals surface area contributed by atoms with E-state index >= 15 is 4.39 Å². The van der Waals surface area contributed by atoms with Crippen LogP contribution in [0, 0.1) is 5.82 Å². The van der Waals surface area contributed by atoms with Crippen molar-refractivity contribution in [1.29, 1.82) is 0 Å². The Hall–Kier alpha value is -2.14. The molecule has 12 heteroatoms. The molecule has 0 radical (unpaired) electrons. The second kappa shape index (κ2) is 11.2. The van der Waals surface area contributed by atoms with Crippen LogP contribution in [0.2, 0.25) is 0 Å². The molecule has 0 spiro atoms. The molecule has 1 aromatic carbocycles. The van der Waals surface area contributed by atoms with Crippen molar-refractivity contribution in [2.45, 2.75) is 110 Å². The molecule has 5 atom stereocenters. The fourth-order valence-electron chi connectivity index (χ4n) is 4.94. The minimum absolute atomic E-state index is 0.0199. The summed E-state index contributed by atoms with van der Waals surface area (Å²) in [6.45, 7) is 21.1. The van der Waals surface area contributed by atoms with Gasteiger partial charge in [0.25, 0.3) is 0 Å². The van der Waals surface area contributed by atoms with E-state index < -0.39 is 50.4 Å². The van der Waals surface area contributed by atoms with E-state index in [4.69, 9.17) is 33.5 Å². The standard InChI is InChI=1S/C29H43FN3O7P/c1-15(2)24(31)32-26(34)33(11)25-23-22(38-29(9,10)39-23)19(37-25)14-36-41-35-13-16-20(30)17(27(3,4)5)12-18(21(16)40-41)28(6,7)8/h12,19,22-23,25H,1,13-14H2,2-11H3,(H2,31,32,34). The number of amidine groups is 1. The molecule has 1 aromatic rings. The van der Waals surface area contributed by atoms with E-state index in [-0.39, 0.29) is 30.3 Å². The number of urea groups is 1. The molecular weight excluding hydrogens is 552 g/mol. The number of carbonyl (C=O) groups excluding carboxylic acids is 1. The number of amides is 2. The summed E-state index contributed by atoms with van der Waals surface area (Å²) in [5.74, 6) is -0.717. The molecule has 3 heterocycles. The summed E-state index contributed by atoms with van der Waals surface area (Å²) in [5.41, 5.74) is 7.49. The monoisotopic (exact) mass is 595 g/mol. The molecule has 41 heavy (non-hydrogen) atoms. The van der Waals surface area contributed by atoms with Gasteiger partial charge >= 0.3 is 14.6 Å². The highest BCUT2D eigenvalue weighted by Gasteiger charge is 2.57. The van der Waals surface area contributed by atoms with E-state index in [0.717, 1.165) is 5.56 Å². The SMILES string of the molecule is C=C(C)C(N)=NC(=O)N(C)C1OC(COP2OCc3c(F)c(C(C)(C)C)cc(C(C)(C)C)c3O2)C2OC(C)(C)OC21. The van der Waals surface area contributed by atoms with Crippen LogP contribution in [-0.2, 0) is 40.7 Å². The summed E-state index contributed by atoms with van der Waals surface area (Å²) in [5, 5.41) is 0. The van der Waals surface area contributed by atoms with Crippen molar-refractivity contribution in [2.75, 3.05) is 13.7 Å². The highest BCUT2D eigenvalue weighted by Crippen LogP contribution is 2.53. The van der Waals surface area contributed by atoms with E-state index in [9.17, 15) is 4.79 Å². The second-order valence-electron chi connectivity index (χ2n) is 13.3. The van der Waals surface area contributed by atoms with Crippen molar-refractivity contribution in [3.63, 3.8) is 0 Å². The summed E-state index contributed by atoms with van der Waals surface area (Å²) in [6, 6.07) is 1.29. The Bertz CT molecular complexity index is 1240. The zero-order valence-corrected chi connectivity index (χ0v) is 26.6. The van der Waals surface area contributed by atoms with Crippen LogP contribution in [0.3, 0.4) is 0 Å². The van der Waals surface area contributed by atoms with Crippen LogP contribution < -0.4 is 10.3 Å². The summed E-state index contributed by atoms with van der Waals surface area (Å²) in [4.78, 5) is 18.0. The number of carbonyl (C=O) groups is 1. The Morgan fingerprint density at radius 2 is 1.80 bits per heavy atom. The van der Waals surface area contributed by atoms with Gasteiger partial charge in [-0.05, 0) is 48.8 Å². The third kappa shape index (κ3) is 6.60. The third-order valence-corrected chi connectivity index (χ3v) is 8.24. The molecule has 3 aliphatic heterocycles. The minimum Gasteiger partial charge on any atom is -0.426 e. The van der Waals surface area contributed by atoms with Crippen LogP contribution in [0.4, 0.5) is 9.18 Å². The first kappa shape index (κ1) is 31.8. The van der Waals surface area contributed by atoms with E-state index in [2.05, 4.69) is 32.3 Å². The molecule has 3 aliphatic rings. The molecule has 0 aliphatic carbocycles. The maximum atomic E-state index is 15.6. The number of aliphatic imine (C=N–C) groups is 1. The number of fused-ring (bicyclic) bond motifs is 2. The smallest absolute Gasteiger partial charge is 0.397 e. The number of likely N-dealkylation sites (N-methyl/N-ethyl adjacent to an activating group) is 1. The van der Waals surface area contributed by atoms with Gasteiger partial charge in [0.15, 0.2) is 12.0 Å². The molecule has 2 amide bonds. The predicted molar refractivity (Wildman–Crippen MR) is 154 cm³/mol. The number of hydrogen-bond acceptors (Lipinski definition) is 7. The Morgan fingerprint density at radius 3 is 2.39 bits per heavy atom. The number of nitrogens with zero attached hydrogens (tertiary/aromatic N) is 2. The first-order valence-electron chi connectivity index (χ1n) is 13.7. The Morgan fingerprint density at radius 1 is 1.20 bits per heavy atom. The summed E-state index contributed by atoms with van der Waals surface area (Å²) >= 11 is 0. The van der Waals surface area contributed by atoms with Crippen LogP contribution >= 0.6 is 8.60 Å². The summed E-state index contributed by atoms with van der Waals surface area (Å²) < 4.78 is 52.1. The van der Waals surface area contributed by atoms with Crippen molar-refractivity contribution in [2.24, 2.45) is 10.7 Å². The quantitative estimate of drug-likeness (QED) is 0.258. The number of halogens is 1. The maximum Gasteiger partial charge on any atom is 0.397 e. The number of hydrogen-bond donors (Lipinski definition) is 1. The first-order chi connectivity index (χ1) is 18.8. The molecule has 10 nitrogen and oxygen atoms in total. The van der Waals surface area contributed by atoms with Crippen molar-refractivity contribution in [3.05, 3.63) is 40.7 Å². The molecule has 228 valence electrons. The summed E-state index contributed by atoms with van der Waals surface area (Å²) in [7, 11) is -0.307. The van der Waals surface area contributed by atoms with Crippen molar-refractivity contribution in [3.8, 4) is 5.75 Å². The average Bonchev–Trinajstić information content (AvgIpc) is 3.33. The van der Waals surface area contributed by atoms with Crippen LogP contribution in [-0.4, -0.2) is 60.7 Å². The molecule has 5 unspecified atom stereocenters. The number of ether oxygens (including phenoxy) is 3. The van der Waals surface area contributed by atoms with Crippen LogP contribution in [0.5, 0.6) is 5.75 Å². The zero-order valence-electron chi connectivity index (χ0n) is 25.7. The predicted octanol–water partition coefficient (Wildman–Crippen LogP) is 5.80. The van der Waals surface area contributed by atoms with Gasteiger partial charge < -0.3 is 24.5 Å². The molecule has 2 saturated heterocycles. The Kier molecular flexibility index (Phi) is 8.66. The van der Waals surface area contributed by atoms with Crippen LogP contribution in [0.25, 0.3) is 0 Å². The zero-order chi connectivity index (χ0) is 30.7. The van der Waals surface area contributed by atoms with E-state index in [1.165, 1.54) is 4.90 Å². The maximum absolute atomic E-state index is 15.6. The lowest BCUT2D eigenvalue weighted by Crippen LogP contribution is -2.44. The lowest BCUT2D eigenvalue weighted by molar-refractivity contribution is -0.201. The van der Waals surface area contributed by atoms with Crippen molar-refractivity contribution in [1.82, 2.24) is 4.90 Å². The van der Waals surface area contributed by atoms with Crippen molar-refractivity contribution < 1.29 is 37.0 Å². The molecule has 0 saturated carbocycles. The molecule has 2 N–H and O–H groups in total. The fourth-order valence-corrected chi connectivity index (χ4v) is 5.98. The van der Waals surface area contributed by atoms with Gasteiger partial charge in [-0.3, -0.25) is 13.9 Å². The van der Waals surface area contributed by atoms with Gasteiger partial charge in [-0.15, -0.1) is 0 Å². The van der Waals surface area contributed by atoms with E-state index in [1.807, 2.05) is 26.8 Å². The molecule has 0 aromatic heterocycles. The lowest BCUT2D eigenvalue weighted by atomic mass is 9.78. The second-order valence-corrected chi connectivity index (χ2v) is 14.4. The normalized spacial score (nSPS) is 27.7. The Balaban J connectivity index is 1.52. The van der Waals surface area contributed by atoms with E-state index in [0.29, 0.717) is 22.4 Å². The molecule has 4 rings (SSSR count). The number of rotatable bonds is 5. The van der Waals surface area contributed by atoms with Gasteiger partial charge in [0.1, 0.15) is 35.7 Å². The molecular formula is C29H43FN3O7P. The van der Waals surface area contributed by atoms with Gasteiger partial charge in [0.2, 0.25) is 0 Å². The van der Waals surface area contributed by atoms with Gasteiger partial charge in [0, 0.05) is 12.6 Å². The lowest BCUT2D eigenvalue weighted by Gasteiger charge is -2.33. The Labute approximate surface area is 243 Å².